The molecule has 0 aliphatic rings. The molecule has 0 unspecified atom stereocenters. The van der Waals surface area contributed by atoms with Crippen molar-refractivity contribution < 1.29 is 13.2 Å². The number of carbonyl (C=O) groups excluding carboxylic acids is 1. The Morgan fingerprint density at radius 2 is 2.00 bits per heavy atom. The Morgan fingerprint density at radius 3 is 2.50 bits per heavy atom. The topological polar surface area (TPSA) is 92.5 Å². The summed E-state index contributed by atoms with van der Waals surface area (Å²) in [5, 5.41) is 0. The molecule has 0 saturated carbocycles. The highest BCUT2D eigenvalue weighted by Crippen LogP contribution is 2.22. The number of hydrazine groups is 1. The van der Waals surface area contributed by atoms with Crippen LogP contribution in [0.15, 0.2) is 24.3 Å². The van der Waals surface area contributed by atoms with Gasteiger partial charge in [-0.3, -0.25) is 14.5 Å². The van der Waals surface area contributed by atoms with Crippen molar-refractivity contribution in [3.8, 4) is 0 Å². The monoisotopic (exact) mass is 271 g/mol. The predicted octanol–water partition coefficient (Wildman–Crippen LogP) is 0.141. The lowest BCUT2D eigenvalue weighted by atomic mass is 10.2. The summed E-state index contributed by atoms with van der Waals surface area (Å²) in [6.45, 7) is 2.99. The van der Waals surface area contributed by atoms with Gasteiger partial charge in [0.25, 0.3) is 5.91 Å². The van der Waals surface area contributed by atoms with Gasteiger partial charge in [0.15, 0.2) is 0 Å². The number of hydrogen-bond donors (Lipinski definition) is 2. The number of para-hydroxylation sites is 1. The third-order valence-electron chi connectivity index (χ3n) is 2.53. The van der Waals surface area contributed by atoms with E-state index in [4.69, 9.17) is 5.84 Å². The molecule has 0 saturated heterocycles. The average molecular weight is 271 g/mol. The van der Waals surface area contributed by atoms with E-state index in [0.717, 1.165) is 9.87 Å². The highest BCUT2D eigenvalue weighted by Gasteiger charge is 2.24. The number of benzene rings is 1. The molecule has 0 spiro atoms. The quantitative estimate of drug-likeness (QED) is 0.452. The zero-order valence-electron chi connectivity index (χ0n) is 10.4. The van der Waals surface area contributed by atoms with Gasteiger partial charge >= 0.3 is 0 Å². The van der Waals surface area contributed by atoms with Gasteiger partial charge < -0.3 is 0 Å². The van der Waals surface area contributed by atoms with Crippen molar-refractivity contribution >= 4 is 21.6 Å². The summed E-state index contributed by atoms with van der Waals surface area (Å²) in [5.41, 5.74) is 3.20. The molecule has 1 aromatic carbocycles. The van der Waals surface area contributed by atoms with Gasteiger partial charge in [-0.2, -0.15) is 0 Å². The van der Waals surface area contributed by atoms with Crippen molar-refractivity contribution in [2.24, 2.45) is 5.84 Å². The van der Waals surface area contributed by atoms with Crippen molar-refractivity contribution in [3.05, 3.63) is 29.8 Å². The minimum Gasteiger partial charge on any atom is -0.293 e. The first-order valence-electron chi connectivity index (χ1n) is 5.48. The molecule has 0 fully saturated rings. The molecule has 0 atom stereocenters. The lowest BCUT2D eigenvalue weighted by Crippen LogP contribution is -2.44. The average Bonchev–Trinajstić information content (AvgIpc) is 2.36. The van der Waals surface area contributed by atoms with E-state index in [-0.39, 0.29) is 12.3 Å². The van der Waals surface area contributed by atoms with Crippen molar-refractivity contribution in [3.63, 3.8) is 0 Å². The van der Waals surface area contributed by atoms with Crippen LogP contribution in [0.1, 0.15) is 12.5 Å². The summed E-state index contributed by atoms with van der Waals surface area (Å²) in [6.07, 6.45) is 0. The van der Waals surface area contributed by atoms with E-state index in [9.17, 15) is 13.2 Å². The molecule has 7 heteroatoms. The van der Waals surface area contributed by atoms with Crippen LogP contribution in [0, 0.1) is 6.92 Å². The zero-order chi connectivity index (χ0) is 13.8. The summed E-state index contributed by atoms with van der Waals surface area (Å²) < 4.78 is 25.1. The van der Waals surface area contributed by atoms with Crippen LogP contribution < -0.4 is 15.6 Å². The SMILES string of the molecule is CCS(=O)(=O)N(CC(=O)NN)c1ccccc1C. The number of aryl methyl sites for hydroxylation is 1. The fraction of sp³-hybridized carbons (Fsp3) is 0.364. The molecule has 1 rings (SSSR count). The minimum atomic E-state index is -3.52. The number of nitrogens with one attached hydrogen (secondary N) is 1. The van der Waals surface area contributed by atoms with E-state index in [0.29, 0.717) is 5.69 Å². The molecule has 0 radical (unpaired) electrons. The normalized spacial score (nSPS) is 11.1. The Balaban J connectivity index is 3.22. The van der Waals surface area contributed by atoms with E-state index in [1.54, 1.807) is 31.2 Å². The molecule has 100 valence electrons. The maximum atomic E-state index is 12.0. The van der Waals surface area contributed by atoms with Crippen molar-refractivity contribution in [1.82, 2.24) is 5.43 Å². The summed E-state index contributed by atoms with van der Waals surface area (Å²) in [5.74, 6) is 4.36. The number of carbonyl (C=O) groups is 1. The van der Waals surface area contributed by atoms with E-state index in [1.807, 2.05) is 5.43 Å². The summed E-state index contributed by atoms with van der Waals surface area (Å²) >= 11 is 0. The van der Waals surface area contributed by atoms with Gasteiger partial charge in [-0.05, 0) is 25.5 Å². The molecular weight excluding hydrogens is 254 g/mol. The molecule has 1 amide bonds. The second kappa shape index (κ2) is 5.83. The van der Waals surface area contributed by atoms with Crippen LogP contribution in [-0.4, -0.2) is 26.6 Å². The van der Waals surface area contributed by atoms with Crippen LogP contribution in [-0.2, 0) is 14.8 Å². The summed E-state index contributed by atoms with van der Waals surface area (Å²) in [6, 6.07) is 6.97. The first-order chi connectivity index (χ1) is 8.42. The fourth-order valence-corrected chi connectivity index (χ4v) is 2.64. The number of rotatable bonds is 5. The molecule has 3 N–H and O–H groups in total. The first-order valence-corrected chi connectivity index (χ1v) is 7.08. The molecule has 0 aliphatic carbocycles. The van der Waals surface area contributed by atoms with Crippen LogP contribution >= 0.6 is 0 Å². The van der Waals surface area contributed by atoms with Crippen LogP contribution in [0.3, 0.4) is 0 Å². The van der Waals surface area contributed by atoms with E-state index < -0.39 is 15.9 Å². The van der Waals surface area contributed by atoms with Gasteiger partial charge in [-0.25, -0.2) is 14.3 Å². The Labute approximate surface area is 107 Å². The summed E-state index contributed by atoms with van der Waals surface area (Å²) in [4.78, 5) is 11.3. The highest BCUT2D eigenvalue weighted by molar-refractivity contribution is 7.92. The number of nitrogens with zero attached hydrogens (tertiary/aromatic N) is 1. The molecule has 18 heavy (non-hydrogen) atoms. The van der Waals surface area contributed by atoms with Crippen molar-refractivity contribution in [1.29, 1.82) is 0 Å². The maximum Gasteiger partial charge on any atom is 0.254 e. The van der Waals surface area contributed by atoms with Crippen LogP contribution in [0.25, 0.3) is 0 Å². The number of sulfonamides is 1. The van der Waals surface area contributed by atoms with Crippen LogP contribution in [0.2, 0.25) is 0 Å². The molecule has 0 bridgehead atoms. The lowest BCUT2D eigenvalue weighted by molar-refractivity contribution is -0.119. The van der Waals surface area contributed by atoms with E-state index in [2.05, 4.69) is 0 Å². The Morgan fingerprint density at radius 1 is 1.39 bits per heavy atom. The lowest BCUT2D eigenvalue weighted by Gasteiger charge is -2.24. The third kappa shape index (κ3) is 3.21. The van der Waals surface area contributed by atoms with Gasteiger partial charge in [0.1, 0.15) is 6.54 Å². The summed E-state index contributed by atoms with van der Waals surface area (Å²) in [7, 11) is -3.52. The first kappa shape index (κ1) is 14.5. The molecular formula is C11H17N3O3S. The largest absolute Gasteiger partial charge is 0.293 e. The van der Waals surface area contributed by atoms with Crippen molar-refractivity contribution in [2.75, 3.05) is 16.6 Å². The standard InChI is InChI=1S/C11H17N3O3S/c1-3-18(16,17)14(8-11(15)13-12)10-7-5-4-6-9(10)2/h4-7H,3,8,12H2,1-2H3,(H,13,15). The number of anilines is 1. The third-order valence-corrected chi connectivity index (χ3v) is 4.26. The maximum absolute atomic E-state index is 12.0. The molecule has 0 heterocycles. The van der Waals surface area contributed by atoms with Gasteiger partial charge in [0.05, 0.1) is 11.4 Å². The van der Waals surface area contributed by atoms with Crippen LogP contribution in [0.5, 0.6) is 0 Å². The number of nitrogens with two attached hydrogens (primary N) is 1. The van der Waals surface area contributed by atoms with E-state index >= 15 is 0 Å². The Kier molecular flexibility index (Phi) is 4.69. The Bertz CT molecular complexity index is 528. The Hall–Kier alpha value is -1.60. The van der Waals surface area contributed by atoms with Crippen molar-refractivity contribution in [2.45, 2.75) is 13.8 Å². The van der Waals surface area contributed by atoms with Gasteiger partial charge in [0.2, 0.25) is 10.0 Å². The number of hydrogen-bond acceptors (Lipinski definition) is 4. The second-order valence-corrected chi connectivity index (χ2v) is 5.94. The molecule has 1 aromatic rings. The molecule has 0 aliphatic heterocycles. The number of amides is 1. The predicted molar refractivity (Wildman–Crippen MR) is 70.3 cm³/mol. The zero-order valence-corrected chi connectivity index (χ0v) is 11.2. The molecule has 6 nitrogen and oxygen atoms in total. The van der Waals surface area contributed by atoms with Gasteiger partial charge in [-0.1, -0.05) is 18.2 Å². The highest BCUT2D eigenvalue weighted by atomic mass is 32.2. The molecule has 0 aromatic heterocycles. The minimum absolute atomic E-state index is 0.0841. The van der Waals surface area contributed by atoms with E-state index in [1.165, 1.54) is 6.92 Å². The van der Waals surface area contributed by atoms with Gasteiger partial charge in [-0.15, -0.1) is 0 Å². The van der Waals surface area contributed by atoms with Gasteiger partial charge in [0, 0.05) is 0 Å². The fourth-order valence-electron chi connectivity index (χ4n) is 1.51. The second-order valence-electron chi connectivity index (χ2n) is 3.76. The smallest absolute Gasteiger partial charge is 0.254 e. The van der Waals surface area contributed by atoms with Crippen LogP contribution in [0.4, 0.5) is 5.69 Å².